The zero-order valence-corrected chi connectivity index (χ0v) is 12.4. The normalized spacial score (nSPS) is 13.7. The molecule has 0 saturated heterocycles. The third-order valence-corrected chi connectivity index (χ3v) is 3.31. The second kappa shape index (κ2) is 7.09. The van der Waals surface area contributed by atoms with Crippen LogP contribution in [0.2, 0.25) is 0 Å². The van der Waals surface area contributed by atoms with Gasteiger partial charge in [-0.3, -0.25) is 4.79 Å². The van der Waals surface area contributed by atoms with Gasteiger partial charge in [0.1, 0.15) is 0 Å². The number of aliphatic hydroxyl groups is 1. The lowest BCUT2D eigenvalue weighted by molar-refractivity contribution is 0.0913. The lowest BCUT2D eigenvalue weighted by atomic mass is 10.0. The first-order valence-corrected chi connectivity index (χ1v) is 7.17. The van der Waals surface area contributed by atoms with Gasteiger partial charge in [0, 0.05) is 12.1 Å². The zero-order chi connectivity index (χ0) is 15.2. The highest BCUT2D eigenvalue weighted by molar-refractivity contribution is 5.98. The lowest BCUT2D eigenvalue weighted by Gasteiger charge is -2.14. The summed E-state index contributed by atoms with van der Waals surface area (Å²) in [5, 5.41) is 12.2. The number of amides is 1. The minimum atomic E-state index is -0.361. The van der Waals surface area contributed by atoms with Crippen LogP contribution in [0.5, 0.6) is 0 Å². The average molecular weight is 287 g/mol. The van der Waals surface area contributed by atoms with Gasteiger partial charge in [-0.2, -0.15) is 0 Å². The molecule has 2 unspecified atom stereocenters. The standard InChI is InChI=1S/C17H21NO3/c1-12(10-13(2)19)11-18-17(20)16-15(8-9-21-16)14-6-4-3-5-7-14/h3-9,12-13,19H,10-11H2,1-2H3,(H,18,20). The molecule has 0 radical (unpaired) electrons. The maximum Gasteiger partial charge on any atom is 0.287 e. The molecule has 0 saturated carbocycles. The maximum atomic E-state index is 12.2. The van der Waals surface area contributed by atoms with E-state index in [1.807, 2.05) is 37.3 Å². The van der Waals surface area contributed by atoms with Gasteiger partial charge >= 0.3 is 0 Å². The first-order valence-electron chi connectivity index (χ1n) is 7.17. The second-order valence-corrected chi connectivity index (χ2v) is 5.43. The molecule has 2 rings (SSSR count). The van der Waals surface area contributed by atoms with Crippen molar-refractivity contribution >= 4 is 5.91 Å². The smallest absolute Gasteiger partial charge is 0.287 e. The van der Waals surface area contributed by atoms with Crippen LogP contribution in [0, 0.1) is 5.92 Å². The largest absolute Gasteiger partial charge is 0.459 e. The Morgan fingerprint density at radius 1 is 1.24 bits per heavy atom. The van der Waals surface area contributed by atoms with Gasteiger partial charge in [-0.05, 0) is 30.9 Å². The third kappa shape index (κ3) is 4.20. The number of carbonyl (C=O) groups excluding carboxylic acids is 1. The van der Waals surface area contributed by atoms with Crippen molar-refractivity contribution in [3.63, 3.8) is 0 Å². The van der Waals surface area contributed by atoms with Crippen LogP contribution < -0.4 is 5.32 Å². The SMILES string of the molecule is CC(O)CC(C)CNC(=O)c1occc1-c1ccccc1. The number of nitrogens with one attached hydrogen (secondary N) is 1. The number of carbonyl (C=O) groups is 1. The van der Waals surface area contributed by atoms with Crippen molar-refractivity contribution in [1.82, 2.24) is 5.32 Å². The van der Waals surface area contributed by atoms with Gasteiger partial charge in [-0.25, -0.2) is 0 Å². The van der Waals surface area contributed by atoms with Crippen LogP contribution in [0.15, 0.2) is 47.1 Å². The van der Waals surface area contributed by atoms with E-state index in [0.29, 0.717) is 18.7 Å². The van der Waals surface area contributed by atoms with E-state index in [4.69, 9.17) is 4.42 Å². The number of hydrogen-bond acceptors (Lipinski definition) is 3. The van der Waals surface area contributed by atoms with Gasteiger partial charge in [0.2, 0.25) is 0 Å². The third-order valence-electron chi connectivity index (χ3n) is 3.31. The van der Waals surface area contributed by atoms with Gasteiger partial charge in [-0.15, -0.1) is 0 Å². The summed E-state index contributed by atoms with van der Waals surface area (Å²) in [6, 6.07) is 11.5. The van der Waals surface area contributed by atoms with Crippen LogP contribution in [0.1, 0.15) is 30.8 Å². The molecular weight excluding hydrogens is 266 g/mol. The Labute approximate surface area is 124 Å². The minimum absolute atomic E-state index is 0.212. The van der Waals surface area contributed by atoms with E-state index in [0.717, 1.165) is 11.1 Å². The van der Waals surface area contributed by atoms with Crippen molar-refractivity contribution in [1.29, 1.82) is 0 Å². The fourth-order valence-electron chi connectivity index (χ4n) is 2.34. The van der Waals surface area contributed by atoms with Crippen molar-refractivity contribution in [2.24, 2.45) is 5.92 Å². The molecule has 112 valence electrons. The Balaban J connectivity index is 2.03. The van der Waals surface area contributed by atoms with Crippen LogP contribution in [-0.2, 0) is 0 Å². The molecule has 1 heterocycles. The predicted octanol–water partition coefficient (Wildman–Crippen LogP) is 3.08. The molecule has 2 aromatic rings. The molecule has 0 aliphatic heterocycles. The molecule has 1 aromatic heterocycles. The molecule has 2 N–H and O–H groups in total. The summed E-state index contributed by atoms with van der Waals surface area (Å²) < 4.78 is 5.33. The predicted molar refractivity (Wildman–Crippen MR) is 81.9 cm³/mol. The monoisotopic (exact) mass is 287 g/mol. The molecule has 1 amide bonds. The van der Waals surface area contributed by atoms with Crippen molar-refractivity contribution in [2.45, 2.75) is 26.4 Å². The molecule has 0 fully saturated rings. The van der Waals surface area contributed by atoms with Crippen molar-refractivity contribution < 1.29 is 14.3 Å². The number of rotatable bonds is 6. The summed E-state index contributed by atoms with van der Waals surface area (Å²) in [6.07, 6.45) is 1.82. The summed E-state index contributed by atoms with van der Waals surface area (Å²) >= 11 is 0. The Morgan fingerprint density at radius 2 is 1.95 bits per heavy atom. The lowest BCUT2D eigenvalue weighted by Crippen LogP contribution is -2.29. The highest BCUT2D eigenvalue weighted by atomic mass is 16.3. The van der Waals surface area contributed by atoms with Crippen molar-refractivity contribution in [2.75, 3.05) is 6.54 Å². The van der Waals surface area contributed by atoms with Gasteiger partial charge < -0.3 is 14.8 Å². The van der Waals surface area contributed by atoms with Crippen molar-refractivity contribution in [3.8, 4) is 11.1 Å². The molecule has 4 nitrogen and oxygen atoms in total. The first kappa shape index (κ1) is 15.3. The average Bonchev–Trinajstić information content (AvgIpc) is 2.94. The molecule has 0 spiro atoms. The Morgan fingerprint density at radius 3 is 2.62 bits per heavy atom. The fraction of sp³-hybridized carbons (Fsp3) is 0.353. The maximum absolute atomic E-state index is 12.2. The molecule has 0 aliphatic carbocycles. The molecule has 4 heteroatoms. The van der Waals surface area contributed by atoms with Crippen LogP contribution in [0.25, 0.3) is 11.1 Å². The number of furan rings is 1. The Hall–Kier alpha value is -2.07. The zero-order valence-electron chi connectivity index (χ0n) is 12.4. The van der Waals surface area contributed by atoms with E-state index in [-0.39, 0.29) is 17.9 Å². The van der Waals surface area contributed by atoms with Gasteiger partial charge in [0.25, 0.3) is 5.91 Å². The van der Waals surface area contributed by atoms with E-state index in [1.165, 1.54) is 6.26 Å². The van der Waals surface area contributed by atoms with Crippen LogP contribution in [0.4, 0.5) is 0 Å². The van der Waals surface area contributed by atoms with Crippen LogP contribution in [0.3, 0.4) is 0 Å². The summed E-state index contributed by atoms with van der Waals surface area (Å²) in [7, 11) is 0. The minimum Gasteiger partial charge on any atom is -0.459 e. The highest BCUT2D eigenvalue weighted by Gasteiger charge is 2.17. The molecule has 2 atom stereocenters. The second-order valence-electron chi connectivity index (χ2n) is 5.43. The Bertz CT molecular complexity index is 575. The van der Waals surface area contributed by atoms with E-state index in [1.54, 1.807) is 13.0 Å². The molecule has 1 aromatic carbocycles. The number of aliphatic hydroxyl groups excluding tert-OH is 1. The Kier molecular flexibility index (Phi) is 5.17. The quantitative estimate of drug-likeness (QED) is 0.858. The summed E-state index contributed by atoms with van der Waals surface area (Å²) in [6.45, 7) is 4.25. The topological polar surface area (TPSA) is 62.5 Å². The van der Waals surface area contributed by atoms with Crippen molar-refractivity contribution in [3.05, 3.63) is 48.4 Å². The van der Waals surface area contributed by atoms with Crippen LogP contribution >= 0.6 is 0 Å². The summed E-state index contributed by atoms with van der Waals surface area (Å²) in [5.41, 5.74) is 1.74. The molecule has 21 heavy (non-hydrogen) atoms. The van der Waals surface area contributed by atoms with E-state index in [2.05, 4.69) is 5.32 Å². The summed E-state index contributed by atoms with van der Waals surface area (Å²) in [4.78, 5) is 12.2. The number of benzene rings is 1. The van der Waals surface area contributed by atoms with Gasteiger partial charge in [-0.1, -0.05) is 37.3 Å². The molecule has 0 bridgehead atoms. The van der Waals surface area contributed by atoms with E-state index in [9.17, 15) is 9.90 Å². The van der Waals surface area contributed by atoms with E-state index >= 15 is 0 Å². The fourth-order valence-corrected chi connectivity index (χ4v) is 2.34. The molecular formula is C17H21NO3. The highest BCUT2D eigenvalue weighted by Crippen LogP contribution is 2.24. The molecule has 0 aliphatic rings. The van der Waals surface area contributed by atoms with Crippen LogP contribution in [-0.4, -0.2) is 23.7 Å². The number of hydrogen-bond donors (Lipinski definition) is 2. The van der Waals surface area contributed by atoms with E-state index < -0.39 is 0 Å². The summed E-state index contributed by atoms with van der Waals surface area (Å²) in [5.74, 6) is 0.311. The van der Waals surface area contributed by atoms with Gasteiger partial charge in [0.05, 0.1) is 12.4 Å². The van der Waals surface area contributed by atoms with Gasteiger partial charge in [0.15, 0.2) is 5.76 Å². The first-order chi connectivity index (χ1) is 10.1.